The van der Waals surface area contributed by atoms with E-state index in [0.717, 1.165) is 23.9 Å². The van der Waals surface area contributed by atoms with Gasteiger partial charge in [0.25, 0.3) is 5.91 Å². The van der Waals surface area contributed by atoms with Crippen molar-refractivity contribution in [2.45, 2.75) is 10.9 Å². The molecule has 8 nitrogen and oxygen atoms in total. The number of nitrogens with one attached hydrogen (secondary N) is 3. The highest BCUT2D eigenvalue weighted by molar-refractivity contribution is 7.99. The summed E-state index contributed by atoms with van der Waals surface area (Å²) >= 11 is 1.09. The van der Waals surface area contributed by atoms with E-state index in [2.05, 4.69) is 10.6 Å². The smallest absolute Gasteiger partial charge is 0.405 e. The minimum atomic E-state index is -1.34. The first-order valence-corrected chi connectivity index (χ1v) is 6.68. The zero-order chi connectivity index (χ0) is 15.6. The number of rotatable bonds is 2. The second kappa shape index (κ2) is 5.97. The van der Waals surface area contributed by atoms with Gasteiger partial charge in [-0.15, -0.1) is 11.8 Å². The van der Waals surface area contributed by atoms with E-state index in [4.69, 9.17) is 10.9 Å². The van der Waals surface area contributed by atoms with E-state index in [-0.39, 0.29) is 17.0 Å². The fourth-order valence-corrected chi connectivity index (χ4v) is 2.78. The number of carbonyl (C=O) groups is 3. The van der Waals surface area contributed by atoms with Crippen LogP contribution < -0.4 is 21.9 Å². The van der Waals surface area contributed by atoms with Gasteiger partial charge < -0.3 is 15.7 Å². The van der Waals surface area contributed by atoms with Gasteiger partial charge in [-0.3, -0.25) is 15.0 Å². The van der Waals surface area contributed by atoms with Crippen molar-refractivity contribution >= 4 is 35.4 Å². The van der Waals surface area contributed by atoms with Crippen molar-refractivity contribution < 1.29 is 23.9 Å². The largest absolute Gasteiger partial charge is 0.465 e. The minimum absolute atomic E-state index is 0.104. The van der Waals surface area contributed by atoms with Gasteiger partial charge in [0.05, 0.1) is 11.3 Å². The van der Waals surface area contributed by atoms with E-state index < -0.39 is 29.8 Å². The lowest BCUT2D eigenvalue weighted by atomic mass is 10.1. The van der Waals surface area contributed by atoms with E-state index in [1.807, 2.05) is 0 Å². The molecule has 0 aliphatic carbocycles. The molecule has 0 bridgehead atoms. The summed E-state index contributed by atoms with van der Waals surface area (Å²) in [6, 6.07) is 1.27. The first-order valence-electron chi connectivity index (χ1n) is 5.70. The summed E-state index contributed by atoms with van der Waals surface area (Å²) in [6.07, 6.45) is -1.34. The summed E-state index contributed by atoms with van der Waals surface area (Å²) in [4.78, 5) is 34.3. The molecule has 112 valence electrons. The second-order valence-electron chi connectivity index (χ2n) is 4.10. The van der Waals surface area contributed by atoms with Crippen molar-refractivity contribution in [1.82, 2.24) is 10.7 Å². The molecule has 6 N–H and O–H groups in total. The molecule has 21 heavy (non-hydrogen) atoms. The number of amides is 3. The van der Waals surface area contributed by atoms with Gasteiger partial charge in [0, 0.05) is 10.6 Å². The van der Waals surface area contributed by atoms with Crippen LogP contribution in [0.25, 0.3) is 0 Å². The maximum Gasteiger partial charge on any atom is 0.405 e. The molecular formula is C11H11FN4O4S. The molecule has 1 heterocycles. The van der Waals surface area contributed by atoms with E-state index in [9.17, 15) is 18.8 Å². The van der Waals surface area contributed by atoms with Crippen LogP contribution in [0.3, 0.4) is 0 Å². The van der Waals surface area contributed by atoms with Gasteiger partial charge in [0.1, 0.15) is 11.9 Å². The maximum absolute atomic E-state index is 13.8. The fourth-order valence-electron chi connectivity index (χ4n) is 1.75. The molecule has 1 aliphatic heterocycles. The van der Waals surface area contributed by atoms with Crippen molar-refractivity contribution in [3.63, 3.8) is 0 Å². The Morgan fingerprint density at radius 3 is 2.81 bits per heavy atom. The van der Waals surface area contributed by atoms with Gasteiger partial charge in [-0.2, -0.15) is 0 Å². The van der Waals surface area contributed by atoms with E-state index in [1.165, 1.54) is 0 Å². The van der Waals surface area contributed by atoms with Gasteiger partial charge in [0.2, 0.25) is 5.91 Å². The third kappa shape index (κ3) is 3.23. The first-order chi connectivity index (χ1) is 9.92. The van der Waals surface area contributed by atoms with Crippen LogP contribution >= 0.6 is 11.8 Å². The summed E-state index contributed by atoms with van der Waals surface area (Å²) < 4.78 is 13.8. The Bertz CT molecular complexity index is 624. The summed E-state index contributed by atoms with van der Waals surface area (Å²) in [5, 5.41) is 13.2. The lowest BCUT2D eigenvalue weighted by molar-refractivity contribution is -0.117. The molecule has 0 saturated carbocycles. The monoisotopic (exact) mass is 314 g/mol. The highest BCUT2D eigenvalue weighted by Gasteiger charge is 2.27. The van der Waals surface area contributed by atoms with Crippen LogP contribution in [0.1, 0.15) is 10.4 Å². The minimum Gasteiger partial charge on any atom is -0.465 e. The summed E-state index contributed by atoms with van der Waals surface area (Å²) in [5.41, 5.74) is 1.71. The highest BCUT2D eigenvalue weighted by Crippen LogP contribution is 2.33. The molecule has 0 aromatic heterocycles. The molecule has 1 aliphatic rings. The first kappa shape index (κ1) is 15.1. The molecule has 0 radical (unpaired) electrons. The number of carboxylic acid groups (broad SMARTS) is 1. The molecule has 0 saturated heterocycles. The number of thioether (sulfide) groups is 1. The number of carbonyl (C=O) groups excluding carboxylic acids is 2. The third-order valence-electron chi connectivity index (χ3n) is 2.72. The number of hydrogen-bond donors (Lipinski definition) is 5. The number of nitrogen functional groups attached to an aromatic ring is 1. The SMILES string of the molecule is NNC(=O)c1cc2c(cc1F)SC[C@H](NC(=O)O)C(=O)N2. The van der Waals surface area contributed by atoms with Gasteiger partial charge in [-0.05, 0) is 12.1 Å². The standard InChI is InChI=1S/C11H11FN4O4S/c12-5-2-8-6(1-4(5)9(17)16-13)14-10(18)7(3-21-8)15-11(19)20/h1-2,7,15H,3,13H2,(H,14,18)(H,16,17)(H,19,20)/t7-/m0/s1. The van der Waals surface area contributed by atoms with Crippen LogP contribution in [-0.4, -0.2) is 34.8 Å². The van der Waals surface area contributed by atoms with Gasteiger partial charge in [0.15, 0.2) is 0 Å². The summed E-state index contributed by atoms with van der Waals surface area (Å²) in [7, 11) is 0. The van der Waals surface area contributed by atoms with Crippen molar-refractivity contribution in [1.29, 1.82) is 0 Å². The van der Waals surface area contributed by atoms with Crippen LogP contribution in [-0.2, 0) is 4.79 Å². The van der Waals surface area contributed by atoms with Crippen molar-refractivity contribution in [3.8, 4) is 0 Å². The van der Waals surface area contributed by atoms with Crippen molar-refractivity contribution in [2.24, 2.45) is 5.84 Å². The number of hydrazine groups is 1. The van der Waals surface area contributed by atoms with Crippen LogP contribution in [0, 0.1) is 5.82 Å². The maximum atomic E-state index is 13.8. The van der Waals surface area contributed by atoms with Gasteiger partial charge >= 0.3 is 6.09 Å². The van der Waals surface area contributed by atoms with Gasteiger partial charge in [-0.1, -0.05) is 0 Å². The van der Waals surface area contributed by atoms with Gasteiger partial charge in [-0.25, -0.2) is 15.0 Å². The average molecular weight is 314 g/mol. The molecule has 10 heteroatoms. The highest BCUT2D eigenvalue weighted by atomic mass is 32.2. The predicted octanol–water partition coefficient (Wildman–Crippen LogP) is 0.110. The molecule has 1 aromatic carbocycles. The lowest BCUT2D eigenvalue weighted by Crippen LogP contribution is -2.44. The molecule has 1 atom stereocenters. The van der Waals surface area contributed by atoms with Crippen molar-refractivity contribution in [3.05, 3.63) is 23.5 Å². The van der Waals surface area contributed by atoms with E-state index in [0.29, 0.717) is 4.90 Å². The zero-order valence-corrected chi connectivity index (χ0v) is 11.3. The number of fused-ring (bicyclic) bond motifs is 1. The lowest BCUT2D eigenvalue weighted by Gasteiger charge is -2.12. The van der Waals surface area contributed by atoms with Crippen molar-refractivity contribution in [2.75, 3.05) is 11.1 Å². The predicted molar refractivity (Wildman–Crippen MR) is 72.4 cm³/mol. The number of benzene rings is 1. The topological polar surface area (TPSA) is 134 Å². The normalized spacial score (nSPS) is 17.2. The second-order valence-corrected chi connectivity index (χ2v) is 5.17. The number of anilines is 1. The van der Waals surface area contributed by atoms with E-state index >= 15 is 0 Å². The Balaban J connectivity index is 2.33. The summed E-state index contributed by atoms with van der Waals surface area (Å²) in [6.45, 7) is 0. The molecule has 0 spiro atoms. The number of hydrogen-bond acceptors (Lipinski definition) is 5. The Morgan fingerprint density at radius 2 is 2.19 bits per heavy atom. The molecule has 1 aromatic rings. The molecule has 0 fully saturated rings. The Hall–Kier alpha value is -2.33. The fraction of sp³-hybridized carbons (Fsp3) is 0.182. The Morgan fingerprint density at radius 1 is 1.48 bits per heavy atom. The molecule has 2 rings (SSSR count). The molecular weight excluding hydrogens is 303 g/mol. The number of halogens is 1. The van der Waals surface area contributed by atoms with E-state index in [1.54, 1.807) is 5.43 Å². The Kier molecular flexibility index (Phi) is 4.29. The molecule has 0 unspecified atom stereocenters. The number of nitrogens with two attached hydrogens (primary N) is 1. The van der Waals surface area contributed by atoms with Crippen LogP contribution in [0.15, 0.2) is 17.0 Å². The summed E-state index contributed by atoms with van der Waals surface area (Å²) in [5.74, 6) is 2.84. The van der Waals surface area contributed by atoms with Crippen LogP contribution in [0.5, 0.6) is 0 Å². The zero-order valence-electron chi connectivity index (χ0n) is 10.5. The van der Waals surface area contributed by atoms with Crippen LogP contribution in [0.4, 0.5) is 14.9 Å². The van der Waals surface area contributed by atoms with Crippen LogP contribution in [0.2, 0.25) is 0 Å². The Labute approximate surface area is 122 Å². The average Bonchev–Trinajstić information content (AvgIpc) is 2.57. The molecule has 3 amide bonds. The quantitative estimate of drug-likeness (QED) is 0.299. The third-order valence-corrected chi connectivity index (χ3v) is 3.87.